The minimum Gasteiger partial charge on any atom is -0.490 e. The van der Waals surface area contributed by atoms with E-state index in [0.29, 0.717) is 41.8 Å². The van der Waals surface area contributed by atoms with Crippen molar-refractivity contribution in [3.05, 3.63) is 84.7 Å². The van der Waals surface area contributed by atoms with Crippen molar-refractivity contribution in [2.75, 3.05) is 0 Å². The lowest BCUT2D eigenvalue weighted by atomic mass is 9.80. The minimum atomic E-state index is -4.78. The summed E-state index contributed by atoms with van der Waals surface area (Å²) in [7, 11) is -1.54. The predicted octanol–water partition coefficient (Wildman–Crippen LogP) is 4.27. The van der Waals surface area contributed by atoms with Crippen molar-refractivity contribution < 1.29 is 37.4 Å². The summed E-state index contributed by atoms with van der Waals surface area (Å²) in [5.41, 5.74) is 1.04. The smallest absolute Gasteiger partial charge is 0.490 e. The Morgan fingerprint density at radius 3 is 2.41 bits per heavy atom. The van der Waals surface area contributed by atoms with E-state index in [1.54, 1.807) is 36.4 Å². The largest absolute Gasteiger partial charge is 0.573 e. The van der Waals surface area contributed by atoms with E-state index in [2.05, 4.69) is 11.3 Å². The SMILES string of the molecule is C=C1CC[C@@H](Oc2ccc(B(O)O)cc2)C/C=C\C=C/1Oc1cccc(OC(F)(F)F)c1. The van der Waals surface area contributed by atoms with E-state index in [0.717, 1.165) is 6.07 Å². The number of rotatable bonds is 6. The first kappa shape index (κ1) is 23.5. The molecule has 0 spiro atoms. The van der Waals surface area contributed by atoms with Gasteiger partial charge in [-0.25, -0.2) is 0 Å². The van der Waals surface area contributed by atoms with Crippen molar-refractivity contribution in [2.45, 2.75) is 31.7 Å². The third kappa shape index (κ3) is 7.21. The third-order valence-electron chi connectivity index (χ3n) is 4.65. The number of halogens is 3. The van der Waals surface area contributed by atoms with Gasteiger partial charge in [0.1, 0.15) is 29.1 Å². The van der Waals surface area contributed by atoms with E-state index in [4.69, 9.17) is 9.47 Å². The van der Waals surface area contributed by atoms with Crippen LogP contribution in [0.3, 0.4) is 0 Å². The highest BCUT2D eigenvalue weighted by Crippen LogP contribution is 2.29. The molecule has 9 heteroatoms. The highest BCUT2D eigenvalue weighted by Gasteiger charge is 2.31. The molecule has 1 atom stereocenters. The zero-order valence-corrected chi connectivity index (χ0v) is 17.1. The van der Waals surface area contributed by atoms with Gasteiger partial charge in [0.25, 0.3) is 0 Å². The lowest BCUT2D eigenvalue weighted by Gasteiger charge is -2.19. The van der Waals surface area contributed by atoms with Crippen LogP contribution in [-0.2, 0) is 0 Å². The maximum absolute atomic E-state index is 12.5. The molecule has 0 amide bonds. The fraction of sp³-hybridized carbons (Fsp3) is 0.217. The molecular weight excluding hydrogens is 424 g/mol. The molecule has 1 aliphatic carbocycles. The second-order valence-corrected chi connectivity index (χ2v) is 7.14. The molecule has 0 fully saturated rings. The van der Waals surface area contributed by atoms with Crippen LogP contribution in [0.1, 0.15) is 19.3 Å². The van der Waals surface area contributed by atoms with Crippen LogP contribution in [0.4, 0.5) is 13.2 Å². The molecule has 3 rings (SSSR count). The molecule has 1 aliphatic rings. The quantitative estimate of drug-likeness (QED) is 0.649. The number of alkyl halides is 3. The standard InChI is InChI=1S/C23H22BF3O5/c1-16-9-12-18(30-19-13-10-17(11-14-19)24(28)29)5-2-3-8-22(16)31-20-6-4-7-21(15-20)32-23(25,26)27/h2-4,6-8,10-11,13-15,18,28-29H,1,5,9,12H2/b3-2-,22-8+/t18-/m0/s1. The van der Waals surface area contributed by atoms with Gasteiger partial charge >= 0.3 is 13.5 Å². The molecule has 32 heavy (non-hydrogen) atoms. The molecule has 2 N–H and O–H groups in total. The molecule has 0 aliphatic heterocycles. The highest BCUT2D eigenvalue weighted by atomic mass is 19.4. The molecule has 2 aromatic rings. The Bertz CT molecular complexity index is 984. The summed E-state index contributed by atoms with van der Waals surface area (Å²) in [4.78, 5) is 0. The van der Waals surface area contributed by atoms with Crippen molar-refractivity contribution in [3.63, 3.8) is 0 Å². The number of benzene rings is 2. The predicted molar refractivity (Wildman–Crippen MR) is 115 cm³/mol. The Hall–Kier alpha value is -3.17. The molecule has 5 nitrogen and oxygen atoms in total. The van der Waals surface area contributed by atoms with Crippen LogP contribution >= 0.6 is 0 Å². The van der Waals surface area contributed by atoms with Crippen LogP contribution < -0.4 is 19.7 Å². The monoisotopic (exact) mass is 446 g/mol. The zero-order chi connectivity index (χ0) is 23.1. The van der Waals surface area contributed by atoms with Crippen molar-refractivity contribution in [1.82, 2.24) is 0 Å². The molecule has 0 bridgehead atoms. The normalized spacial score (nSPS) is 19.6. The van der Waals surface area contributed by atoms with Crippen molar-refractivity contribution in [3.8, 4) is 17.2 Å². The minimum absolute atomic E-state index is 0.149. The lowest BCUT2D eigenvalue weighted by Crippen LogP contribution is -2.29. The van der Waals surface area contributed by atoms with Crippen molar-refractivity contribution >= 4 is 12.6 Å². The van der Waals surface area contributed by atoms with E-state index in [9.17, 15) is 23.2 Å². The highest BCUT2D eigenvalue weighted by molar-refractivity contribution is 6.58. The van der Waals surface area contributed by atoms with Gasteiger partial charge in [0.2, 0.25) is 0 Å². The third-order valence-corrected chi connectivity index (χ3v) is 4.65. The van der Waals surface area contributed by atoms with E-state index in [1.165, 1.54) is 18.2 Å². The second kappa shape index (κ2) is 10.4. The Morgan fingerprint density at radius 2 is 1.72 bits per heavy atom. The van der Waals surface area contributed by atoms with Crippen LogP contribution in [0, 0.1) is 0 Å². The van der Waals surface area contributed by atoms with Gasteiger partial charge in [-0.15, -0.1) is 13.2 Å². The molecular formula is C23H22BF3O5. The number of allylic oxidation sites excluding steroid dienone is 3. The van der Waals surface area contributed by atoms with Crippen LogP contribution in [0.2, 0.25) is 0 Å². The number of hydrogen-bond acceptors (Lipinski definition) is 5. The van der Waals surface area contributed by atoms with Crippen LogP contribution in [0.5, 0.6) is 17.2 Å². The molecule has 0 heterocycles. The number of hydrogen-bond donors (Lipinski definition) is 2. The first-order valence-electron chi connectivity index (χ1n) is 9.91. The van der Waals surface area contributed by atoms with Crippen molar-refractivity contribution in [2.24, 2.45) is 0 Å². The Balaban J connectivity index is 1.62. The van der Waals surface area contributed by atoms with Gasteiger partial charge in [0.05, 0.1) is 0 Å². The fourth-order valence-corrected chi connectivity index (χ4v) is 3.07. The average Bonchev–Trinajstić information content (AvgIpc) is 2.80. The van der Waals surface area contributed by atoms with Crippen LogP contribution in [-0.4, -0.2) is 29.6 Å². The molecule has 0 unspecified atom stereocenters. The summed E-state index contributed by atoms with van der Waals surface area (Å²) in [6.07, 6.45) is 2.26. The van der Waals surface area contributed by atoms with E-state index < -0.39 is 13.5 Å². The Labute approximate surface area is 184 Å². The number of ether oxygens (including phenoxy) is 3. The summed E-state index contributed by atoms with van der Waals surface area (Å²) in [5, 5.41) is 18.4. The van der Waals surface area contributed by atoms with E-state index in [-0.39, 0.29) is 17.6 Å². The van der Waals surface area contributed by atoms with E-state index in [1.807, 2.05) is 6.08 Å². The topological polar surface area (TPSA) is 68.2 Å². The second-order valence-electron chi connectivity index (χ2n) is 7.14. The summed E-state index contributed by atoms with van der Waals surface area (Å²) in [6.45, 7) is 4.04. The molecule has 0 saturated carbocycles. The van der Waals surface area contributed by atoms with Gasteiger partial charge in [0.15, 0.2) is 0 Å². The molecule has 0 saturated heterocycles. The van der Waals surface area contributed by atoms with Gasteiger partial charge < -0.3 is 24.3 Å². The summed E-state index contributed by atoms with van der Waals surface area (Å²) < 4.78 is 53.1. The summed E-state index contributed by atoms with van der Waals surface area (Å²) >= 11 is 0. The zero-order valence-electron chi connectivity index (χ0n) is 17.1. The molecule has 0 radical (unpaired) electrons. The lowest BCUT2D eigenvalue weighted by molar-refractivity contribution is -0.274. The molecule has 2 aromatic carbocycles. The van der Waals surface area contributed by atoms with Crippen LogP contribution in [0.25, 0.3) is 0 Å². The van der Waals surface area contributed by atoms with Gasteiger partial charge in [-0.05, 0) is 54.2 Å². The molecule has 168 valence electrons. The van der Waals surface area contributed by atoms with Crippen LogP contribution in [0.15, 0.2) is 84.7 Å². The van der Waals surface area contributed by atoms with Gasteiger partial charge in [-0.2, -0.15) is 0 Å². The molecule has 0 aromatic heterocycles. The summed E-state index contributed by atoms with van der Waals surface area (Å²) in [6, 6.07) is 11.8. The first-order valence-corrected chi connectivity index (χ1v) is 9.91. The first-order chi connectivity index (χ1) is 15.2. The van der Waals surface area contributed by atoms with Gasteiger partial charge in [0, 0.05) is 12.5 Å². The summed E-state index contributed by atoms with van der Waals surface area (Å²) in [5.74, 6) is 0.870. The Kier molecular flexibility index (Phi) is 7.66. The maximum Gasteiger partial charge on any atom is 0.573 e. The van der Waals surface area contributed by atoms with Crippen molar-refractivity contribution in [1.29, 1.82) is 0 Å². The average molecular weight is 446 g/mol. The maximum atomic E-state index is 12.5. The van der Waals surface area contributed by atoms with Gasteiger partial charge in [-0.1, -0.05) is 36.9 Å². The van der Waals surface area contributed by atoms with E-state index >= 15 is 0 Å². The van der Waals surface area contributed by atoms with Gasteiger partial charge in [-0.3, -0.25) is 0 Å². The fourth-order valence-electron chi connectivity index (χ4n) is 3.07. The Morgan fingerprint density at radius 1 is 1.00 bits per heavy atom.